The van der Waals surface area contributed by atoms with Crippen molar-refractivity contribution in [2.24, 2.45) is 0 Å². The molecule has 0 aliphatic heterocycles. The quantitative estimate of drug-likeness (QED) is 0.709. The first-order valence-electron chi connectivity index (χ1n) is 8.06. The molecule has 3 aromatic rings. The first kappa shape index (κ1) is 19.2. The van der Waals surface area contributed by atoms with Crippen LogP contribution in [0.1, 0.15) is 16.1 Å². The van der Waals surface area contributed by atoms with Gasteiger partial charge in [-0.3, -0.25) is 9.59 Å². The van der Waals surface area contributed by atoms with E-state index < -0.39 is 18.0 Å². The van der Waals surface area contributed by atoms with Crippen LogP contribution >= 0.6 is 0 Å². The molecule has 1 heterocycles. The third kappa shape index (κ3) is 4.76. The van der Waals surface area contributed by atoms with Crippen LogP contribution in [0.25, 0.3) is 11.4 Å². The summed E-state index contributed by atoms with van der Waals surface area (Å²) in [6.07, 6.45) is -4.92. The highest BCUT2D eigenvalue weighted by molar-refractivity contribution is 6.06. The lowest BCUT2D eigenvalue weighted by Gasteiger charge is -2.13. The number of aromatic amines is 1. The van der Waals surface area contributed by atoms with Crippen LogP contribution < -0.4 is 15.6 Å². The van der Waals surface area contributed by atoms with Gasteiger partial charge in [0.25, 0.3) is 11.5 Å². The van der Waals surface area contributed by atoms with Gasteiger partial charge in [0.2, 0.25) is 0 Å². The maximum Gasteiger partial charge on any atom is 0.573 e. The Kier molecular flexibility index (Phi) is 5.16. The van der Waals surface area contributed by atoms with E-state index in [0.717, 1.165) is 6.07 Å². The number of carbonyl (C=O) groups is 1. The highest BCUT2D eigenvalue weighted by atomic mass is 19.4. The summed E-state index contributed by atoms with van der Waals surface area (Å²) < 4.78 is 41.5. The number of aromatic nitrogens is 2. The Labute approximate surface area is 157 Å². The van der Waals surface area contributed by atoms with Crippen molar-refractivity contribution in [2.45, 2.75) is 13.3 Å². The van der Waals surface area contributed by atoms with Crippen molar-refractivity contribution in [3.8, 4) is 17.1 Å². The van der Waals surface area contributed by atoms with E-state index in [1.54, 1.807) is 31.2 Å². The number of carbonyl (C=O) groups excluding carboxylic acids is 1. The van der Waals surface area contributed by atoms with Crippen molar-refractivity contribution in [2.75, 3.05) is 5.32 Å². The van der Waals surface area contributed by atoms with E-state index in [1.165, 1.54) is 24.3 Å². The van der Waals surface area contributed by atoms with E-state index in [4.69, 9.17) is 0 Å². The Balaban J connectivity index is 1.87. The summed E-state index contributed by atoms with van der Waals surface area (Å²) in [4.78, 5) is 30.9. The predicted molar refractivity (Wildman–Crippen MR) is 96.1 cm³/mol. The highest BCUT2D eigenvalue weighted by Gasteiger charge is 2.32. The van der Waals surface area contributed by atoms with Crippen molar-refractivity contribution in [1.29, 1.82) is 0 Å². The number of nitrogens with one attached hydrogen (secondary N) is 2. The fourth-order valence-electron chi connectivity index (χ4n) is 2.53. The number of anilines is 1. The van der Waals surface area contributed by atoms with Crippen molar-refractivity contribution >= 4 is 11.6 Å². The lowest BCUT2D eigenvalue weighted by Crippen LogP contribution is -2.20. The first-order valence-corrected chi connectivity index (χ1v) is 8.06. The minimum absolute atomic E-state index is 0.271. The molecule has 2 N–H and O–H groups in total. The number of alkyl halides is 3. The number of nitrogens with zero attached hydrogens (tertiary/aromatic N) is 1. The molecule has 0 unspecified atom stereocenters. The van der Waals surface area contributed by atoms with Gasteiger partial charge in [-0.25, -0.2) is 4.98 Å². The largest absolute Gasteiger partial charge is 0.573 e. The average molecular weight is 389 g/mol. The van der Waals surface area contributed by atoms with Crippen LogP contribution in [0.5, 0.6) is 5.75 Å². The second-order valence-electron chi connectivity index (χ2n) is 5.81. The average Bonchev–Trinajstić information content (AvgIpc) is 2.60. The molecular formula is C19H14F3N3O3. The van der Waals surface area contributed by atoms with Crippen molar-refractivity contribution in [1.82, 2.24) is 9.97 Å². The number of hydrogen-bond donors (Lipinski definition) is 2. The maximum absolute atomic E-state index is 12.5. The summed E-state index contributed by atoms with van der Waals surface area (Å²) in [6, 6.07) is 12.8. The van der Waals surface area contributed by atoms with Gasteiger partial charge < -0.3 is 15.0 Å². The topological polar surface area (TPSA) is 84.1 Å². The maximum atomic E-state index is 12.5. The van der Waals surface area contributed by atoms with Gasteiger partial charge in [-0.1, -0.05) is 24.3 Å². The summed E-state index contributed by atoms with van der Waals surface area (Å²) in [5.41, 5.74) is 0.765. The Morgan fingerprint density at radius 1 is 1.11 bits per heavy atom. The first-order chi connectivity index (χ1) is 13.2. The molecule has 0 aliphatic rings. The molecule has 0 saturated heterocycles. The summed E-state index contributed by atoms with van der Waals surface area (Å²) in [5.74, 6) is -1.07. The molecule has 0 atom stereocenters. The number of ether oxygens (including phenoxy) is 1. The Morgan fingerprint density at radius 3 is 2.57 bits per heavy atom. The molecule has 144 valence electrons. The fourth-order valence-corrected chi connectivity index (χ4v) is 2.53. The molecule has 0 saturated carbocycles. The van der Waals surface area contributed by atoms with Gasteiger partial charge >= 0.3 is 6.36 Å². The van der Waals surface area contributed by atoms with Gasteiger partial charge in [-0.2, -0.15) is 0 Å². The van der Waals surface area contributed by atoms with E-state index in [1.807, 2.05) is 0 Å². The fraction of sp³-hybridized carbons (Fsp3) is 0.105. The Hall–Kier alpha value is -3.62. The van der Waals surface area contributed by atoms with Crippen LogP contribution in [-0.4, -0.2) is 22.2 Å². The number of halogens is 3. The van der Waals surface area contributed by atoms with Gasteiger partial charge in [-0.05, 0) is 31.2 Å². The predicted octanol–water partition coefficient (Wildman–Crippen LogP) is 3.90. The van der Waals surface area contributed by atoms with Crippen LogP contribution in [0.15, 0.2) is 59.4 Å². The molecule has 28 heavy (non-hydrogen) atoms. The number of amides is 1. The van der Waals surface area contributed by atoms with Crippen LogP contribution in [-0.2, 0) is 0 Å². The van der Waals surface area contributed by atoms with E-state index in [9.17, 15) is 22.8 Å². The van der Waals surface area contributed by atoms with Crippen LogP contribution in [0.4, 0.5) is 18.9 Å². The van der Waals surface area contributed by atoms with Crippen LogP contribution in [0.2, 0.25) is 0 Å². The molecule has 1 aromatic heterocycles. The summed E-state index contributed by atoms with van der Waals surface area (Å²) >= 11 is 0. The van der Waals surface area contributed by atoms with Crippen molar-refractivity contribution in [3.63, 3.8) is 0 Å². The number of H-pyrrole nitrogens is 1. The molecular weight excluding hydrogens is 375 g/mol. The normalized spacial score (nSPS) is 11.1. The third-order valence-electron chi connectivity index (χ3n) is 3.62. The summed E-state index contributed by atoms with van der Waals surface area (Å²) in [7, 11) is 0. The van der Waals surface area contributed by atoms with Crippen molar-refractivity contribution in [3.05, 3.63) is 76.2 Å². The lowest BCUT2D eigenvalue weighted by atomic mass is 10.1. The molecule has 0 fully saturated rings. The van der Waals surface area contributed by atoms with Crippen molar-refractivity contribution < 1.29 is 22.7 Å². The minimum Gasteiger partial charge on any atom is -0.405 e. The molecule has 6 nitrogen and oxygen atoms in total. The summed E-state index contributed by atoms with van der Waals surface area (Å²) in [6.45, 7) is 1.67. The van der Waals surface area contributed by atoms with Crippen LogP contribution in [0.3, 0.4) is 0 Å². The molecule has 2 aromatic carbocycles. The van der Waals surface area contributed by atoms with E-state index in [0.29, 0.717) is 22.8 Å². The van der Waals surface area contributed by atoms with Gasteiger partial charge in [0.05, 0.1) is 5.56 Å². The Morgan fingerprint density at radius 2 is 1.86 bits per heavy atom. The molecule has 0 radical (unpaired) electrons. The number of rotatable bonds is 4. The second-order valence-corrected chi connectivity index (χ2v) is 5.81. The monoisotopic (exact) mass is 389 g/mol. The van der Waals surface area contributed by atoms with Crippen LogP contribution in [0, 0.1) is 6.92 Å². The minimum atomic E-state index is -4.92. The van der Waals surface area contributed by atoms with E-state index in [2.05, 4.69) is 20.0 Å². The lowest BCUT2D eigenvalue weighted by molar-refractivity contribution is -0.274. The zero-order valence-corrected chi connectivity index (χ0v) is 14.5. The number of benzene rings is 2. The molecule has 3 rings (SSSR count). The Bertz CT molecular complexity index is 1080. The van der Waals surface area contributed by atoms with Gasteiger partial charge in [-0.15, -0.1) is 13.2 Å². The molecule has 0 bridgehead atoms. The van der Waals surface area contributed by atoms with E-state index >= 15 is 0 Å². The molecule has 1 amide bonds. The zero-order valence-electron chi connectivity index (χ0n) is 14.5. The van der Waals surface area contributed by atoms with Gasteiger partial charge in [0.1, 0.15) is 11.6 Å². The highest BCUT2D eigenvalue weighted by Crippen LogP contribution is 2.27. The second kappa shape index (κ2) is 7.55. The number of hydrogen-bond acceptors (Lipinski definition) is 4. The summed E-state index contributed by atoms with van der Waals surface area (Å²) in [5, 5.41) is 2.52. The zero-order chi connectivity index (χ0) is 20.3. The standard InChI is InChI=1S/C19H14F3N3O3/c1-11-9-16(26)25-17(23-11)12-5-4-6-13(10-12)24-18(27)14-7-2-3-8-15(14)28-19(20,21)22/h2-10H,1H3,(H,24,27)(H,23,25,26). The van der Waals surface area contributed by atoms with Gasteiger partial charge in [0.15, 0.2) is 0 Å². The molecule has 0 spiro atoms. The SMILES string of the molecule is Cc1cc(=O)[nH]c(-c2cccc(NC(=O)c3ccccc3OC(F)(F)F)c2)n1. The van der Waals surface area contributed by atoms with E-state index in [-0.39, 0.29) is 11.1 Å². The molecule has 0 aliphatic carbocycles. The molecule has 9 heteroatoms. The van der Waals surface area contributed by atoms with Gasteiger partial charge in [0, 0.05) is 23.0 Å². The number of para-hydroxylation sites is 1. The third-order valence-corrected chi connectivity index (χ3v) is 3.62. The smallest absolute Gasteiger partial charge is 0.405 e. The number of aryl methyl sites for hydroxylation is 1.